The van der Waals surface area contributed by atoms with Crippen molar-refractivity contribution in [2.45, 2.75) is 11.9 Å². The van der Waals surface area contributed by atoms with Crippen molar-refractivity contribution in [2.24, 2.45) is 0 Å². The van der Waals surface area contributed by atoms with Gasteiger partial charge in [-0.3, -0.25) is 0 Å². The fourth-order valence-electron chi connectivity index (χ4n) is 2.85. The van der Waals surface area contributed by atoms with Gasteiger partial charge < -0.3 is 33.5 Å². The second-order valence-corrected chi connectivity index (χ2v) is 9.31. The number of esters is 1. The Morgan fingerprint density at radius 2 is 1.62 bits per heavy atom. The SMILES string of the molecule is O=C(OCC1COCCOCCOCCOCCO1)c1cccc(CS(=O)(=O)CC#CCO)c1. The quantitative estimate of drug-likeness (QED) is 0.428. The fraction of sp³-hybridized carbons (Fsp3) is 0.609. The minimum atomic E-state index is -3.51. The monoisotopic (exact) mass is 500 g/mol. The lowest BCUT2D eigenvalue weighted by Gasteiger charge is -2.18. The maximum Gasteiger partial charge on any atom is 0.338 e. The minimum absolute atomic E-state index is 0.0396. The summed E-state index contributed by atoms with van der Waals surface area (Å²) in [7, 11) is -3.51. The molecular weight excluding hydrogens is 468 g/mol. The van der Waals surface area contributed by atoms with Crippen molar-refractivity contribution >= 4 is 15.8 Å². The van der Waals surface area contributed by atoms with Gasteiger partial charge in [-0.15, -0.1) is 0 Å². The van der Waals surface area contributed by atoms with Crippen molar-refractivity contribution in [3.63, 3.8) is 0 Å². The number of carbonyl (C=O) groups is 1. The molecule has 1 aliphatic heterocycles. The zero-order chi connectivity index (χ0) is 24.5. The van der Waals surface area contributed by atoms with E-state index in [1.54, 1.807) is 18.2 Å². The van der Waals surface area contributed by atoms with E-state index >= 15 is 0 Å². The molecule has 34 heavy (non-hydrogen) atoms. The number of sulfone groups is 1. The first-order valence-corrected chi connectivity index (χ1v) is 12.8. The van der Waals surface area contributed by atoms with Gasteiger partial charge in [0.25, 0.3) is 0 Å². The average Bonchev–Trinajstić information content (AvgIpc) is 2.82. The van der Waals surface area contributed by atoms with Crippen molar-refractivity contribution in [3.8, 4) is 11.8 Å². The zero-order valence-corrected chi connectivity index (χ0v) is 19.9. The van der Waals surface area contributed by atoms with Crippen LogP contribution in [0.1, 0.15) is 15.9 Å². The van der Waals surface area contributed by atoms with E-state index < -0.39 is 28.5 Å². The molecule has 0 aliphatic carbocycles. The van der Waals surface area contributed by atoms with Crippen LogP contribution in [0.3, 0.4) is 0 Å². The highest BCUT2D eigenvalue weighted by atomic mass is 32.2. The molecule has 0 radical (unpaired) electrons. The van der Waals surface area contributed by atoms with E-state index in [0.717, 1.165) is 0 Å². The van der Waals surface area contributed by atoms with Crippen molar-refractivity contribution < 1.29 is 46.7 Å². The van der Waals surface area contributed by atoms with E-state index in [1.165, 1.54) is 6.07 Å². The summed E-state index contributed by atoms with van der Waals surface area (Å²) >= 11 is 0. The average molecular weight is 501 g/mol. The predicted octanol–water partition coefficient (Wildman–Crippen LogP) is 0.219. The number of rotatable bonds is 6. The molecule has 0 bridgehead atoms. The van der Waals surface area contributed by atoms with Crippen LogP contribution in [0.2, 0.25) is 0 Å². The Labute approximate surface area is 200 Å². The summed E-state index contributed by atoms with van der Waals surface area (Å²) in [5.74, 6) is 3.45. The molecular formula is C23H32O10S. The highest BCUT2D eigenvalue weighted by Gasteiger charge is 2.17. The Morgan fingerprint density at radius 3 is 2.29 bits per heavy atom. The Hall–Kier alpha value is -2.04. The van der Waals surface area contributed by atoms with Crippen LogP contribution < -0.4 is 0 Å². The van der Waals surface area contributed by atoms with Crippen LogP contribution in [0, 0.1) is 11.8 Å². The molecule has 0 amide bonds. The molecule has 1 aliphatic rings. The van der Waals surface area contributed by atoms with Crippen LogP contribution in [0.4, 0.5) is 0 Å². The number of hydrogen-bond acceptors (Lipinski definition) is 10. The zero-order valence-electron chi connectivity index (χ0n) is 19.1. The molecule has 1 heterocycles. The molecule has 10 nitrogen and oxygen atoms in total. The molecule has 1 saturated heterocycles. The standard InChI is InChI=1S/C23H32O10S/c24-6-1-2-15-34(26,27)19-20-4-3-5-21(16-20)23(25)33-18-22-17-31-12-11-29-8-7-28-9-10-30-13-14-32-22/h3-5,16,22,24H,6-15,17-19H2. The van der Waals surface area contributed by atoms with E-state index in [1.807, 2.05) is 0 Å². The van der Waals surface area contributed by atoms with E-state index in [-0.39, 0.29) is 30.3 Å². The third-order valence-corrected chi connectivity index (χ3v) is 5.80. The first-order chi connectivity index (χ1) is 16.5. The lowest BCUT2D eigenvalue weighted by molar-refractivity contribution is -0.0689. The number of benzene rings is 1. The summed E-state index contributed by atoms with van der Waals surface area (Å²) in [5.41, 5.74) is 0.666. The highest BCUT2D eigenvalue weighted by molar-refractivity contribution is 7.90. The molecule has 0 aromatic heterocycles. The summed E-state index contributed by atoms with van der Waals surface area (Å²) in [5, 5.41) is 8.65. The lowest BCUT2D eigenvalue weighted by atomic mass is 10.1. The third-order valence-electron chi connectivity index (χ3n) is 4.45. The molecule has 1 unspecified atom stereocenters. The van der Waals surface area contributed by atoms with E-state index in [0.29, 0.717) is 58.4 Å². The summed E-state index contributed by atoms with van der Waals surface area (Å²) in [6, 6.07) is 6.22. The van der Waals surface area contributed by atoms with Gasteiger partial charge in [-0.2, -0.15) is 0 Å². The van der Waals surface area contributed by atoms with Gasteiger partial charge in [0, 0.05) is 0 Å². The van der Waals surface area contributed by atoms with Gasteiger partial charge in [-0.25, -0.2) is 13.2 Å². The highest BCUT2D eigenvalue weighted by Crippen LogP contribution is 2.11. The van der Waals surface area contributed by atoms with E-state index in [9.17, 15) is 13.2 Å². The maximum atomic E-state index is 12.5. The fourth-order valence-corrected chi connectivity index (χ4v) is 3.97. The number of carbonyl (C=O) groups excluding carboxylic acids is 1. The Morgan fingerprint density at radius 1 is 0.971 bits per heavy atom. The second kappa shape index (κ2) is 16.6. The first kappa shape index (κ1) is 28.2. The van der Waals surface area contributed by atoms with Crippen molar-refractivity contribution in [2.75, 3.05) is 78.4 Å². The van der Waals surface area contributed by atoms with Gasteiger partial charge >= 0.3 is 5.97 Å². The van der Waals surface area contributed by atoms with Gasteiger partial charge in [0.05, 0.1) is 70.8 Å². The largest absolute Gasteiger partial charge is 0.459 e. The van der Waals surface area contributed by atoms with Gasteiger partial charge in [0.15, 0.2) is 9.84 Å². The van der Waals surface area contributed by atoms with Crippen LogP contribution in [0.25, 0.3) is 0 Å². The molecule has 11 heteroatoms. The Balaban J connectivity index is 1.88. The van der Waals surface area contributed by atoms with Crippen LogP contribution in [0.15, 0.2) is 24.3 Å². The second-order valence-electron chi connectivity index (χ2n) is 7.25. The molecule has 1 fully saturated rings. The van der Waals surface area contributed by atoms with Gasteiger partial charge in [0.2, 0.25) is 0 Å². The van der Waals surface area contributed by atoms with Crippen molar-refractivity contribution in [1.82, 2.24) is 0 Å². The smallest absolute Gasteiger partial charge is 0.338 e. The first-order valence-electron chi connectivity index (χ1n) is 11.0. The third kappa shape index (κ3) is 12.4. The van der Waals surface area contributed by atoms with Gasteiger partial charge in [0.1, 0.15) is 25.1 Å². The van der Waals surface area contributed by atoms with Gasteiger partial charge in [-0.05, 0) is 17.7 Å². The van der Waals surface area contributed by atoms with E-state index in [4.69, 9.17) is 33.5 Å². The predicted molar refractivity (Wildman–Crippen MR) is 122 cm³/mol. The summed E-state index contributed by atoms with van der Waals surface area (Å²) in [4.78, 5) is 12.5. The van der Waals surface area contributed by atoms with Crippen molar-refractivity contribution in [3.05, 3.63) is 35.4 Å². The molecule has 2 rings (SSSR count). The molecule has 1 atom stereocenters. The number of aliphatic hydroxyl groups is 1. The minimum Gasteiger partial charge on any atom is -0.459 e. The number of ether oxygens (including phenoxy) is 6. The topological polar surface area (TPSA) is 127 Å². The maximum absolute atomic E-state index is 12.5. The van der Waals surface area contributed by atoms with Crippen molar-refractivity contribution in [1.29, 1.82) is 0 Å². The Kier molecular flexibility index (Phi) is 13.7. The van der Waals surface area contributed by atoms with Crippen LogP contribution in [-0.4, -0.2) is 104 Å². The summed E-state index contributed by atoms with van der Waals surface area (Å²) < 4.78 is 57.1. The van der Waals surface area contributed by atoms with Crippen LogP contribution in [-0.2, 0) is 44.0 Å². The molecule has 0 saturated carbocycles. The van der Waals surface area contributed by atoms with E-state index in [2.05, 4.69) is 11.8 Å². The summed E-state index contributed by atoms with van der Waals surface area (Å²) in [6.07, 6.45) is -0.498. The number of hydrogen-bond donors (Lipinski definition) is 1. The molecule has 1 aromatic carbocycles. The van der Waals surface area contributed by atoms with Gasteiger partial charge in [-0.1, -0.05) is 24.0 Å². The Bertz CT molecular complexity index is 875. The molecule has 190 valence electrons. The van der Waals surface area contributed by atoms with Crippen LogP contribution in [0.5, 0.6) is 0 Å². The molecule has 1 aromatic rings. The molecule has 0 spiro atoms. The van der Waals surface area contributed by atoms with Crippen LogP contribution >= 0.6 is 0 Å². The lowest BCUT2D eigenvalue weighted by Crippen LogP contribution is -2.29. The normalized spacial score (nSPS) is 19.1. The molecule has 1 N–H and O–H groups in total. The summed E-state index contributed by atoms with van der Waals surface area (Å²) in [6.45, 7) is 3.08. The number of aliphatic hydroxyl groups excluding tert-OH is 1.